The number of nitrogens with zero attached hydrogens (tertiary/aromatic N) is 1. The minimum Gasteiger partial charge on any atom is -0.484 e. The Morgan fingerprint density at radius 3 is 2.48 bits per heavy atom. The number of oxazole rings is 1. The van der Waals surface area contributed by atoms with E-state index in [-0.39, 0.29) is 12.5 Å². The monoisotopic (exact) mass is 358 g/mol. The van der Waals surface area contributed by atoms with E-state index in [0.717, 1.165) is 5.56 Å². The van der Waals surface area contributed by atoms with Crippen LogP contribution in [0.15, 0.2) is 83.3 Å². The molecule has 4 rings (SSSR count). The SMILES string of the molecule is O=C(COc1ccccc1)Nc1ccc2oc(Cc3ccccc3)nc2c1. The van der Waals surface area contributed by atoms with Crippen LogP contribution in [0.5, 0.6) is 5.75 Å². The van der Waals surface area contributed by atoms with Crippen LogP contribution in [-0.2, 0) is 11.2 Å². The standard InChI is InChI=1S/C22H18N2O3/c25-21(15-26-18-9-5-2-6-10-18)23-17-11-12-20-19(14-17)24-22(27-20)13-16-7-3-1-4-8-16/h1-12,14H,13,15H2,(H,23,25). The molecule has 1 aromatic heterocycles. The highest BCUT2D eigenvalue weighted by atomic mass is 16.5. The Labute approximate surface area is 156 Å². The van der Waals surface area contributed by atoms with Gasteiger partial charge in [0.2, 0.25) is 0 Å². The van der Waals surface area contributed by atoms with E-state index in [2.05, 4.69) is 10.3 Å². The van der Waals surface area contributed by atoms with Crippen molar-refractivity contribution in [2.24, 2.45) is 0 Å². The number of amides is 1. The molecule has 0 saturated heterocycles. The van der Waals surface area contributed by atoms with Gasteiger partial charge in [-0.3, -0.25) is 4.79 Å². The quantitative estimate of drug-likeness (QED) is 0.553. The van der Waals surface area contributed by atoms with Crippen LogP contribution < -0.4 is 10.1 Å². The van der Waals surface area contributed by atoms with Gasteiger partial charge in [0.05, 0.1) is 0 Å². The van der Waals surface area contributed by atoms with E-state index < -0.39 is 0 Å². The molecule has 0 aliphatic carbocycles. The molecule has 1 N–H and O–H groups in total. The third-order valence-corrected chi connectivity index (χ3v) is 4.03. The third-order valence-electron chi connectivity index (χ3n) is 4.03. The molecular weight excluding hydrogens is 340 g/mol. The number of ether oxygens (including phenoxy) is 1. The van der Waals surface area contributed by atoms with Gasteiger partial charge in [-0.25, -0.2) is 4.98 Å². The lowest BCUT2D eigenvalue weighted by Crippen LogP contribution is -2.20. The van der Waals surface area contributed by atoms with Crippen LogP contribution in [0.25, 0.3) is 11.1 Å². The number of anilines is 1. The molecule has 1 amide bonds. The maximum atomic E-state index is 12.1. The average Bonchev–Trinajstić information content (AvgIpc) is 3.09. The lowest BCUT2D eigenvalue weighted by atomic mass is 10.1. The molecule has 27 heavy (non-hydrogen) atoms. The molecule has 134 valence electrons. The summed E-state index contributed by atoms with van der Waals surface area (Å²) in [6.45, 7) is -0.0554. The van der Waals surface area contributed by atoms with Crippen molar-refractivity contribution in [3.63, 3.8) is 0 Å². The summed E-state index contributed by atoms with van der Waals surface area (Å²) in [5.74, 6) is 1.07. The van der Waals surface area contributed by atoms with Crippen molar-refractivity contribution >= 4 is 22.7 Å². The first-order valence-electron chi connectivity index (χ1n) is 8.67. The summed E-state index contributed by atoms with van der Waals surface area (Å²) in [7, 11) is 0. The van der Waals surface area contributed by atoms with Crippen LogP contribution in [0.2, 0.25) is 0 Å². The highest BCUT2D eigenvalue weighted by Crippen LogP contribution is 2.21. The number of rotatable bonds is 6. The summed E-state index contributed by atoms with van der Waals surface area (Å²) in [6, 6.07) is 24.7. The molecule has 4 aromatic rings. The zero-order valence-corrected chi connectivity index (χ0v) is 14.6. The van der Waals surface area contributed by atoms with Gasteiger partial charge in [-0.2, -0.15) is 0 Å². The van der Waals surface area contributed by atoms with Gasteiger partial charge in [0.25, 0.3) is 5.91 Å². The second kappa shape index (κ2) is 7.74. The fraction of sp³-hybridized carbons (Fsp3) is 0.0909. The third kappa shape index (κ3) is 4.33. The minimum atomic E-state index is -0.230. The Morgan fingerprint density at radius 1 is 0.963 bits per heavy atom. The summed E-state index contributed by atoms with van der Waals surface area (Å²) in [5, 5.41) is 2.82. The number of fused-ring (bicyclic) bond motifs is 1. The van der Waals surface area contributed by atoms with Crippen LogP contribution in [0.1, 0.15) is 11.5 Å². The number of nitrogens with one attached hydrogen (secondary N) is 1. The summed E-state index contributed by atoms with van der Waals surface area (Å²) in [4.78, 5) is 16.6. The first kappa shape index (κ1) is 16.8. The fourth-order valence-electron chi connectivity index (χ4n) is 2.76. The van der Waals surface area contributed by atoms with Crippen molar-refractivity contribution in [2.75, 3.05) is 11.9 Å². The first-order valence-corrected chi connectivity index (χ1v) is 8.67. The van der Waals surface area contributed by atoms with Gasteiger partial charge in [0.15, 0.2) is 18.1 Å². The predicted octanol–water partition coefficient (Wildman–Crippen LogP) is 4.44. The molecule has 1 heterocycles. The number of carbonyl (C=O) groups is 1. The lowest BCUT2D eigenvalue weighted by molar-refractivity contribution is -0.118. The van der Waals surface area contributed by atoms with Crippen molar-refractivity contribution in [1.29, 1.82) is 0 Å². The molecule has 0 saturated carbocycles. The average molecular weight is 358 g/mol. The summed E-state index contributed by atoms with van der Waals surface area (Å²) >= 11 is 0. The van der Waals surface area contributed by atoms with Crippen LogP contribution in [0, 0.1) is 0 Å². The van der Waals surface area contributed by atoms with Gasteiger partial charge >= 0.3 is 0 Å². The second-order valence-corrected chi connectivity index (χ2v) is 6.10. The van der Waals surface area contributed by atoms with Crippen LogP contribution >= 0.6 is 0 Å². The molecule has 0 atom stereocenters. The molecule has 0 spiro atoms. The molecule has 5 nitrogen and oxygen atoms in total. The Morgan fingerprint density at radius 2 is 1.70 bits per heavy atom. The number of hydrogen-bond donors (Lipinski definition) is 1. The van der Waals surface area contributed by atoms with Crippen molar-refractivity contribution < 1.29 is 13.9 Å². The Bertz CT molecular complexity index is 1040. The summed E-state index contributed by atoms with van der Waals surface area (Å²) < 4.78 is 11.2. The van der Waals surface area contributed by atoms with E-state index in [4.69, 9.17) is 9.15 Å². The van der Waals surface area contributed by atoms with Gasteiger partial charge in [-0.1, -0.05) is 48.5 Å². The van der Waals surface area contributed by atoms with Crippen LogP contribution in [0.4, 0.5) is 5.69 Å². The zero-order valence-electron chi connectivity index (χ0n) is 14.6. The van der Waals surface area contributed by atoms with E-state index in [0.29, 0.717) is 34.8 Å². The van der Waals surface area contributed by atoms with E-state index in [1.54, 1.807) is 12.1 Å². The molecule has 3 aromatic carbocycles. The molecule has 0 bridgehead atoms. The number of carbonyl (C=O) groups excluding carboxylic acids is 1. The van der Waals surface area contributed by atoms with Crippen molar-refractivity contribution in [1.82, 2.24) is 4.98 Å². The molecule has 5 heteroatoms. The van der Waals surface area contributed by atoms with Gasteiger partial charge in [0.1, 0.15) is 11.3 Å². The first-order chi connectivity index (χ1) is 13.3. The van der Waals surface area contributed by atoms with Gasteiger partial charge in [-0.15, -0.1) is 0 Å². The van der Waals surface area contributed by atoms with Crippen molar-refractivity contribution in [2.45, 2.75) is 6.42 Å². The van der Waals surface area contributed by atoms with Crippen molar-refractivity contribution in [3.8, 4) is 5.75 Å². The topological polar surface area (TPSA) is 64.4 Å². The van der Waals surface area contributed by atoms with E-state index in [1.807, 2.05) is 66.7 Å². The van der Waals surface area contributed by atoms with Gasteiger partial charge in [0, 0.05) is 12.1 Å². The minimum absolute atomic E-state index is 0.0554. The van der Waals surface area contributed by atoms with E-state index in [1.165, 1.54) is 0 Å². The zero-order chi connectivity index (χ0) is 18.5. The second-order valence-electron chi connectivity index (χ2n) is 6.10. The highest BCUT2D eigenvalue weighted by molar-refractivity contribution is 5.93. The molecule has 0 aliphatic rings. The van der Waals surface area contributed by atoms with E-state index in [9.17, 15) is 4.79 Å². The number of para-hydroxylation sites is 1. The summed E-state index contributed by atoms with van der Waals surface area (Å²) in [5.41, 5.74) is 3.20. The smallest absolute Gasteiger partial charge is 0.262 e. The van der Waals surface area contributed by atoms with Gasteiger partial charge < -0.3 is 14.5 Å². The van der Waals surface area contributed by atoms with Crippen LogP contribution in [-0.4, -0.2) is 17.5 Å². The predicted molar refractivity (Wildman–Crippen MR) is 104 cm³/mol. The number of benzene rings is 3. The maximum absolute atomic E-state index is 12.1. The Hall–Kier alpha value is -3.60. The largest absolute Gasteiger partial charge is 0.484 e. The lowest BCUT2D eigenvalue weighted by Gasteiger charge is -2.07. The Kier molecular flexibility index (Phi) is 4.83. The fourth-order valence-corrected chi connectivity index (χ4v) is 2.76. The highest BCUT2D eigenvalue weighted by Gasteiger charge is 2.09. The molecule has 0 radical (unpaired) electrons. The summed E-state index contributed by atoms with van der Waals surface area (Å²) in [6.07, 6.45) is 0.627. The number of hydrogen-bond acceptors (Lipinski definition) is 4. The van der Waals surface area contributed by atoms with Gasteiger partial charge in [-0.05, 0) is 35.9 Å². The normalized spacial score (nSPS) is 10.7. The number of aromatic nitrogens is 1. The molecule has 0 aliphatic heterocycles. The van der Waals surface area contributed by atoms with E-state index >= 15 is 0 Å². The molecule has 0 unspecified atom stereocenters. The Balaban J connectivity index is 1.41. The van der Waals surface area contributed by atoms with Crippen molar-refractivity contribution in [3.05, 3.63) is 90.3 Å². The maximum Gasteiger partial charge on any atom is 0.262 e. The van der Waals surface area contributed by atoms with Crippen LogP contribution in [0.3, 0.4) is 0 Å². The molecule has 0 fully saturated rings. The molecular formula is C22H18N2O3.